The van der Waals surface area contributed by atoms with Crippen molar-refractivity contribution in [2.24, 2.45) is 0 Å². The topological polar surface area (TPSA) is 96.1 Å². The Morgan fingerprint density at radius 2 is 2.24 bits per heavy atom. The SMILES string of the molecule is O=C1COc2ccc(CNC(=O)c3cc(-c4ccsc4)n[nH]3)cc2N1. The zero-order valence-corrected chi connectivity index (χ0v) is 13.9. The van der Waals surface area contributed by atoms with Gasteiger partial charge in [0.1, 0.15) is 11.4 Å². The van der Waals surface area contributed by atoms with Crippen molar-refractivity contribution in [2.75, 3.05) is 11.9 Å². The molecule has 0 unspecified atom stereocenters. The van der Waals surface area contributed by atoms with Crippen molar-refractivity contribution >= 4 is 28.8 Å². The van der Waals surface area contributed by atoms with E-state index in [1.807, 2.05) is 22.9 Å². The van der Waals surface area contributed by atoms with Crippen molar-refractivity contribution in [1.29, 1.82) is 0 Å². The Balaban J connectivity index is 1.42. The van der Waals surface area contributed by atoms with E-state index in [1.54, 1.807) is 29.5 Å². The molecule has 3 heterocycles. The molecule has 1 aliphatic heterocycles. The summed E-state index contributed by atoms with van der Waals surface area (Å²) < 4.78 is 5.31. The molecule has 1 aliphatic rings. The Kier molecular flexibility index (Phi) is 3.95. The van der Waals surface area contributed by atoms with Crippen LogP contribution in [-0.4, -0.2) is 28.6 Å². The van der Waals surface area contributed by atoms with E-state index in [1.165, 1.54) is 0 Å². The van der Waals surface area contributed by atoms with Crippen LogP contribution in [0, 0.1) is 0 Å². The molecule has 3 N–H and O–H groups in total. The maximum Gasteiger partial charge on any atom is 0.269 e. The second kappa shape index (κ2) is 6.40. The largest absolute Gasteiger partial charge is 0.482 e. The van der Waals surface area contributed by atoms with Gasteiger partial charge in [0.2, 0.25) is 0 Å². The first-order valence-corrected chi connectivity index (χ1v) is 8.55. The average molecular weight is 354 g/mol. The number of carbonyl (C=O) groups is 2. The summed E-state index contributed by atoms with van der Waals surface area (Å²) in [4.78, 5) is 23.6. The van der Waals surface area contributed by atoms with Crippen LogP contribution in [-0.2, 0) is 11.3 Å². The Labute approximate surface area is 147 Å². The van der Waals surface area contributed by atoms with Gasteiger partial charge in [0.25, 0.3) is 11.8 Å². The first-order chi connectivity index (χ1) is 12.2. The highest BCUT2D eigenvalue weighted by Gasteiger charge is 2.16. The maximum absolute atomic E-state index is 12.3. The predicted molar refractivity (Wildman–Crippen MR) is 93.6 cm³/mol. The Morgan fingerprint density at radius 1 is 1.32 bits per heavy atom. The van der Waals surface area contributed by atoms with Gasteiger partial charge in [0, 0.05) is 17.5 Å². The first kappa shape index (κ1) is 15.4. The number of hydrogen-bond donors (Lipinski definition) is 3. The van der Waals surface area contributed by atoms with Crippen LogP contribution in [0.3, 0.4) is 0 Å². The molecule has 0 saturated carbocycles. The highest BCUT2D eigenvalue weighted by Crippen LogP contribution is 2.28. The van der Waals surface area contributed by atoms with Crippen LogP contribution in [0.15, 0.2) is 41.1 Å². The molecule has 25 heavy (non-hydrogen) atoms. The number of fused-ring (bicyclic) bond motifs is 1. The summed E-state index contributed by atoms with van der Waals surface area (Å²) in [5.74, 6) is 0.197. The van der Waals surface area contributed by atoms with E-state index in [2.05, 4.69) is 20.8 Å². The highest BCUT2D eigenvalue weighted by molar-refractivity contribution is 7.08. The van der Waals surface area contributed by atoms with E-state index in [4.69, 9.17) is 4.74 Å². The normalized spacial score (nSPS) is 12.9. The minimum atomic E-state index is -0.244. The molecule has 0 spiro atoms. The molecule has 2 aromatic heterocycles. The quantitative estimate of drug-likeness (QED) is 0.670. The molecule has 1 aromatic carbocycles. The van der Waals surface area contributed by atoms with E-state index in [0.29, 0.717) is 23.7 Å². The molecule has 0 saturated heterocycles. The van der Waals surface area contributed by atoms with Crippen LogP contribution in [0.25, 0.3) is 11.3 Å². The summed E-state index contributed by atoms with van der Waals surface area (Å²) >= 11 is 1.58. The number of H-pyrrole nitrogens is 1. The third kappa shape index (κ3) is 3.24. The summed E-state index contributed by atoms with van der Waals surface area (Å²) in [7, 11) is 0. The van der Waals surface area contributed by atoms with Gasteiger partial charge in [-0.2, -0.15) is 16.4 Å². The second-order valence-electron chi connectivity index (χ2n) is 5.53. The molecule has 0 atom stereocenters. The van der Waals surface area contributed by atoms with E-state index in [9.17, 15) is 9.59 Å². The molecular formula is C17H14N4O3S. The lowest BCUT2D eigenvalue weighted by Gasteiger charge is -2.18. The lowest BCUT2D eigenvalue weighted by Crippen LogP contribution is -2.26. The number of aromatic amines is 1. The molecule has 0 bridgehead atoms. The van der Waals surface area contributed by atoms with Crippen molar-refractivity contribution in [3.63, 3.8) is 0 Å². The average Bonchev–Trinajstić information content (AvgIpc) is 3.30. The highest BCUT2D eigenvalue weighted by atomic mass is 32.1. The van der Waals surface area contributed by atoms with Crippen molar-refractivity contribution in [3.05, 3.63) is 52.3 Å². The van der Waals surface area contributed by atoms with Crippen LogP contribution in [0.4, 0.5) is 5.69 Å². The number of hydrogen-bond acceptors (Lipinski definition) is 5. The van der Waals surface area contributed by atoms with Gasteiger partial charge in [0.05, 0.1) is 11.4 Å². The van der Waals surface area contributed by atoms with Crippen LogP contribution in [0.2, 0.25) is 0 Å². The summed E-state index contributed by atoms with van der Waals surface area (Å²) in [5.41, 5.74) is 3.58. The number of carbonyl (C=O) groups excluding carboxylic acids is 2. The van der Waals surface area contributed by atoms with Crippen molar-refractivity contribution in [3.8, 4) is 17.0 Å². The summed E-state index contributed by atoms with van der Waals surface area (Å²) in [6.07, 6.45) is 0. The molecule has 2 amide bonds. The van der Waals surface area contributed by atoms with Crippen molar-refractivity contribution in [1.82, 2.24) is 15.5 Å². The number of amides is 2. The van der Waals surface area contributed by atoms with Gasteiger partial charge in [-0.1, -0.05) is 6.07 Å². The van der Waals surface area contributed by atoms with Gasteiger partial charge in [-0.3, -0.25) is 14.7 Å². The standard InChI is InChI=1S/C17H14N4O3S/c22-16-8-24-15-2-1-10(5-13(15)19-16)7-18-17(23)14-6-12(20-21-14)11-3-4-25-9-11/h1-6,9H,7-8H2,(H,18,23)(H,19,22)(H,20,21). The first-order valence-electron chi connectivity index (χ1n) is 7.61. The van der Waals surface area contributed by atoms with Gasteiger partial charge in [-0.25, -0.2) is 0 Å². The van der Waals surface area contributed by atoms with Crippen molar-refractivity contribution < 1.29 is 14.3 Å². The number of benzene rings is 1. The number of nitrogens with one attached hydrogen (secondary N) is 3. The van der Waals surface area contributed by atoms with Crippen LogP contribution < -0.4 is 15.4 Å². The fourth-order valence-corrected chi connectivity index (χ4v) is 3.16. The molecule has 4 rings (SSSR count). The molecule has 0 aliphatic carbocycles. The van der Waals surface area contributed by atoms with Gasteiger partial charge < -0.3 is 15.4 Å². The number of thiophene rings is 1. The molecule has 0 fully saturated rings. The molecule has 8 heteroatoms. The molecule has 126 valence electrons. The molecule has 0 radical (unpaired) electrons. The lowest BCUT2D eigenvalue weighted by atomic mass is 10.1. The number of rotatable bonds is 4. The second-order valence-corrected chi connectivity index (χ2v) is 6.31. The maximum atomic E-state index is 12.3. The summed E-state index contributed by atoms with van der Waals surface area (Å²) in [5, 5.41) is 16.4. The minimum Gasteiger partial charge on any atom is -0.482 e. The van der Waals surface area contributed by atoms with E-state index in [-0.39, 0.29) is 18.4 Å². The Bertz CT molecular complexity index is 933. The third-order valence-corrected chi connectivity index (χ3v) is 4.45. The van der Waals surface area contributed by atoms with Gasteiger partial charge >= 0.3 is 0 Å². The molecule has 7 nitrogen and oxygen atoms in total. The fourth-order valence-electron chi connectivity index (χ4n) is 2.51. The summed E-state index contributed by atoms with van der Waals surface area (Å²) in [6, 6.07) is 9.09. The van der Waals surface area contributed by atoms with E-state index < -0.39 is 0 Å². The van der Waals surface area contributed by atoms with Gasteiger partial charge in [-0.15, -0.1) is 0 Å². The van der Waals surface area contributed by atoms with E-state index in [0.717, 1.165) is 16.8 Å². The monoisotopic (exact) mass is 354 g/mol. The zero-order chi connectivity index (χ0) is 17.2. The number of nitrogens with zero attached hydrogens (tertiary/aromatic N) is 1. The number of aromatic nitrogens is 2. The Hall–Kier alpha value is -3.13. The molecular weight excluding hydrogens is 340 g/mol. The van der Waals surface area contributed by atoms with Crippen LogP contribution in [0.1, 0.15) is 16.1 Å². The number of ether oxygens (including phenoxy) is 1. The predicted octanol–water partition coefficient (Wildman–Crippen LogP) is 2.40. The van der Waals surface area contributed by atoms with E-state index >= 15 is 0 Å². The lowest BCUT2D eigenvalue weighted by molar-refractivity contribution is -0.118. The smallest absolute Gasteiger partial charge is 0.269 e. The van der Waals surface area contributed by atoms with Crippen LogP contribution >= 0.6 is 11.3 Å². The number of anilines is 1. The molecule has 3 aromatic rings. The Morgan fingerprint density at radius 3 is 3.08 bits per heavy atom. The zero-order valence-electron chi connectivity index (χ0n) is 13.0. The fraction of sp³-hybridized carbons (Fsp3) is 0.118. The van der Waals surface area contributed by atoms with Crippen LogP contribution in [0.5, 0.6) is 5.75 Å². The van der Waals surface area contributed by atoms with Gasteiger partial charge in [-0.05, 0) is 35.2 Å². The third-order valence-electron chi connectivity index (χ3n) is 3.77. The van der Waals surface area contributed by atoms with Gasteiger partial charge in [0.15, 0.2) is 6.61 Å². The van der Waals surface area contributed by atoms with Crippen molar-refractivity contribution in [2.45, 2.75) is 6.54 Å². The minimum absolute atomic E-state index is 0.0232. The summed E-state index contributed by atoms with van der Waals surface area (Å²) in [6.45, 7) is 0.351.